The van der Waals surface area contributed by atoms with Gasteiger partial charge < -0.3 is 9.80 Å². The topological polar surface area (TPSA) is 6.48 Å². The maximum Gasteiger partial charge on any atom is 0.0463 e. The zero-order valence-corrected chi connectivity index (χ0v) is 13.9. The van der Waals surface area contributed by atoms with E-state index in [4.69, 9.17) is 0 Å². The van der Waals surface area contributed by atoms with Crippen molar-refractivity contribution in [2.75, 3.05) is 23.9 Å². The highest BCUT2D eigenvalue weighted by Crippen LogP contribution is 2.34. The molecule has 0 saturated heterocycles. The van der Waals surface area contributed by atoms with Crippen molar-refractivity contribution < 1.29 is 0 Å². The molecule has 23 heavy (non-hydrogen) atoms. The van der Waals surface area contributed by atoms with Gasteiger partial charge in [0.2, 0.25) is 0 Å². The third-order valence-electron chi connectivity index (χ3n) is 3.93. The number of aryl methyl sites for hydroxylation is 1. The number of benzene rings is 3. The average Bonchev–Trinajstić information content (AvgIpc) is 2.58. The smallest absolute Gasteiger partial charge is 0.0463 e. The second kappa shape index (κ2) is 6.57. The molecule has 0 unspecified atom stereocenters. The number of nitrogens with zero attached hydrogens (tertiary/aromatic N) is 2. The predicted octanol–water partition coefficient (Wildman–Crippen LogP) is 5.53. The Bertz CT molecular complexity index is 744. The molecule has 0 aliphatic heterocycles. The number of hydrogen-bond donors (Lipinski definition) is 0. The van der Waals surface area contributed by atoms with Crippen LogP contribution < -0.4 is 9.80 Å². The number of anilines is 4. The summed E-state index contributed by atoms with van der Waals surface area (Å²) in [7, 11) is 4.12. The first-order chi connectivity index (χ1) is 11.1. The fourth-order valence-electron chi connectivity index (χ4n) is 2.62. The van der Waals surface area contributed by atoms with Crippen LogP contribution in [0.15, 0.2) is 78.9 Å². The lowest BCUT2D eigenvalue weighted by atomic mass is 10.1. The van der Waals surface area contributed by atoms with E-state index in [1.807, 2.05) is 6.07 Å². The third-order valence-corrected chi connectivity index (χ3v) is 3.93. The molecule has 3 rings (SSSR count). The Morgan fingerprint density at radius 1 is 0.522 bits per heavy atom. The Hall–Kier alpha value is -2.74. The molecule has 0 bridgehead atoms. The molecular weight excluding hydrogens is 280 g/mol. The average molecular weight is 302 g/mol. The first-order valence-corrected chi connectivity index (χ1v) is 7.84. The van der Waals surface area contributed by atoms with Crippen molar-refractivity contribution in [2.24, 2.45) is 0 Å². The van der Waals surface area contributed by atoms with Gasteiger partial charge in [-0.25, -0.2) is 0 Å². The van der Waals surface area contributed by atoms with Crippen molar-refractivity contribution in [1.82, 2.24) is 0 Å². The summed E-state index contributed by atoms with van der Waals surface area (Å²) in [6, 6.07) is 27.8. The molecule has 116 valence electrons. The second-order valence-corrected chi connectivity index (χ2v) is 5.92. The zero-order valence-electron chi connectivity index (χ0n) is 13.9. The van der Waals surface area contributed by atoms with Crippen molar-refractivity contribution in [2.45, 2.75) is 6.92 Å². The fraction of sp³-hybridized carbons (Fsp3) is 0.143. The van der Waals surface area contributed by atoms with Gasteiger partial charge in [-0.2, -0.15) is 0 Å². The van der Waals surface area contributed by atoms with Gasteiger partial charge in [0.15, 0.2) is 0 Å². The molecule has 0 saturated carbocycles. The largest absolute Gasteiger partial charge is 0.378 e. The van der Waals surface area contributed by atoms with Crippen LogP contribution in [0.3, 0.4) is 0 Å². The van der Waals surface area contributed by atoms with Gasteiger partial charge in [-0.1, -0.05) is 35.9 Å². The Kier molecular flexibility index (Phi) is 4.33. The van der Waals surface area contributed by atoms with Crippen LogP contribution in [-0.4, -0.2) is 14.1 Å². The van der Waals surface area contributed by atoms with E-state index in [0.717, 1.165) is 11.4 Å². The second-order valence-electron chi connectivity index (χ2n) is 5.92. The Labute approximate surface area is 138 Å². The van der Waals surface area contributed by atoms with Crippen molar-refractivity contribution in [3.05, 3.63) is 84.4 Å². The minimum absolute atomic E-state index is 1.16. The zero-order chi connectivity index (χ0) is 16.2. The van der Waals surface area contributed by atoms with Gasteiger partial charge in [-0.15, -0.1) is 0 Å². The van der Waals surface area contributed by atoms with E-state index in [-0.39, 0.29) is 0 Å². The van der Waals surface area contributed by atoms with Gasteiger partial charge in [-0.05, 0) is 55.5 Å². The summed E-state index contributed by atoms with van der Waals surface area (Å²) < 4.78 is 0. The van der Waals surface area contributed by atoms with Gasteiger partial charge >= 0.3 is 0 Å². The molecule has 0 aliphatic carbocycles. The molecule has 2 nitrogen and oxygen atoms in total. The molecule has 0 aliphatic rings. The fourth-order valence-corrected chi connectivity index (χ4v) is 2.62. The van der Waals surface area contributed by atoms with E-state index in [1.54, 1.807) is 0 Å². The highest BCUT2D eigenvalue weighted by Gasteiger charge is 2.11. The lowest BCUT2D eigenvalue weighted by Crippen LogP contribution is -2.11. The molecule has 0 heterocycles. The highest BCUT2D eigenvalue weighted by molar-refractivity contribution is 5.77. The first-order valence-electron chi connectivity index (χ1n) is 7.84. The van der Waals surface area contributed by atoms with Crippen molar-refractivity contribution in [3.63, 3.8) is 0 Å². The van der Waals surface area contributed by atoms with E-state index >= 15 is 0 Å². The third kappa shape index (κ3) is 3.37. The van der Waals surface area contributed by atoms with Crippen molar-refractivity contribution >= 4 is 22.7 Å². The molecule has 3 aromatic carbocycles. The van der Waals surface area contributed by atoms with Crippen LogP contribution in [-0.2, 0) is 0 Å². The quantitative estimate of drug-likeness (QED) is 0.625. The molecular formula is C21H22N2. The monoisotopic (exact) mass is 302 g/mol. The summed E-state index contributed by atoms with van der Waals surface area (Å²) in [5.74, 6) is 0. The number of para-hydroxylation sites is 1. The van der Waals surface area contributed by atoms with Crippen LogP contribution in [0.2, 0.25) is 0 Å². The summed E-state index contributed by atoms with van der Waals surface area (Å²) in [6.45, 7) is 2.11. The molecule has 0 radical (unpaired) electrons. The normalized spacial score (nSPS) is 10.4. The van der Waals surface area contributed by atoms with Crippen LogP contribution in [0, 0.1) is 6.92 Å². The van der Waals surface area contributed by atoms with Gasteiger partial charge in [0.1, 0.15) is 0 Å². The van der Waals surface area contributed by atoms with Gasteiger partial charge in [0.25, 0.3) is 0 Å². The van der Waals surface area contributed by atoms with Crippen LogP contribution in [0.4, 0.5) is 22.7 Å². The lowest BCUT2D eigenvalue weighted by molar-refractivity contribution is 1.13. The summed E-state index contributed by atoms with van der Waals surface area (Å²) >= 11 is 0. The van der Waals surface area contributed by atoms with Crippen molar-refractivity contribution in [3.8, 4) is 0 Å². The molecule has 0 N–H and O–H groups in total. The summed E-state index contributed by atoms with van der Waals surface area (Å²) in [6.07, 6.45) is 0. The van der Waals surface area contributed by atoms with Gasteiger partial charge in [0.05, 0.1) is 0 Å². The molecule has 3 aromatic rings. The molecule has 0 spiro atoms. The minimum atomic E-state index is 1.16. The minimum Gasteiger partial charge on any atom is -0.378 e. The summed E-state index contributed by atoms with van der Waals surface area (Å²) in [5, 5.41) is 0. The van der Waals surface area contributed by atoms with Crippen LogP contribution in [0.25, 0.3) is 0 Å². The van der Waals surface area contributed by atoms with Crippen LogP contribution in [0.5, 0.6) is 0 Å². The van der Waals surface area contributed by atoms with E-state index in [9.17, 15) is 0 Å². The standard InChI is InChI=1S/C21H22N2/c1-17-9-11-20(12-10-17)23(19-7-5-4-6-8-19)21-15-13-18(14-16-21)22(2)3/h4-16H,1-3H3. The lowest BCUT2D eigenvalue weighted by Gasteiger charge is -2.26. The summed E-state index contributed by atoms with van der Waals surface area (Å²) in [5.41, 5.74) is 5.95. The maximum absolute atomic E-state index is 2.28. The van der Waals surface area contributed by atoms with E-state index in [0.29, 0.717) is 0 Å². The molecule has 0 aromatic heterocycles. The number of rotatable bonds is 4. The first kappa shape index (κ1) is 15.2. The van der Waals surface area contributed by atoms with Gasteiger partial charge in [-0.3, -0.25) is 0 Å². The Morgan fingerprint density at radius 2 is 0.957 bits per heavy atom. The highest BCUT2D eigenvalue weighted by atomic mass is 15.1. The van der Waals surface area contributed by atoms with E-state index < -0.39 is 0 Å². The summed E-state index contributed by atoms with van der Waals surface area (Å²) in [4.78, 5) is 4.39. The SMILES string of the molecule is Cc1ccc(N(c2ccccc2)c2ccc(N(C)C)cc2)cc1. The molecule has 0 fully saturated rings. The van der Waals surface area contributed by atoms with Crippen molar-refractivity contribution in [1.29, 1.82) is 0 Å². The molecule has 0 atom stereocenters. The Morgan fingerprint density at radius 3 is 1.48 bits per heavy atom. The van der Waals surface area contributed by atoms with E-state index in [1.165, 1.54) is 16.9 Å². The maximum atomic E-state index is 2.28. The van der Waals surface area contributed by atoms with E-state index in [2.05, 4.69) is 104 Å². The van der Waals surface area contributed by atoms with Gasteiger partial charge in [0, 0.05) is 36.8 Å². The Balaban J connectivity index is 2.06. The number of hydrogen-bond acceptors (Lipinski definition) is 2. The molecule has 0 amide bonds. The van der Waals surface area contributed by atoms with Crippen LogP contribution in [0.1, 0.15) is 5.56 Å². The van der Waals surface area contributed by atoms with Crippen LogP contribution >= 0.6 is 0 Å². The molecule has 2 heteroatoms. The predicted molar refractivity (Wildman–Crippen MR) is 100 cm³/mol.